The SMILES string of the molecule is NC(Cc1ccc(F)c(F)c1)c1cnns1. The number of halogens is 2. The van der Waals surface area contributed by atoms with Gasteiger partial charge in [0.15, 0.2) is 11.6 Å². The Bertz CT molecular complexity index is 473. The number of hydrogen-bond donors (Lipinski definition) is 1. The van der Waals surface area contributed by atoms with Crippen molar-refractivity contribution in [1.29, 1.82) is 0 Å². The molecule has 1 heterocycles. The van der Waals surface area contributed by atoms with Crippen molar-refractivity contribution in [3.8, 4) is 0 Å². The van der Waals surface area contributed by atoms with Gasteiger partial charge in [-0.1, -0.05) is 10.6 Å². The van der Waals surface area contributed by atoms with E-state index in [-0.39, 0.29) is 6.04 Å². The van der Waals surface area contributed by atoms with Gasteiger partial charge in [0.25, 0.3) is 0 Å². The highest BCUT2D eigenvalue weighted by Gasteiger charge is 2.11. The summed E-state index contributed by atoms with van der Waals surface area (Å²) >= 11 is 1.20. The monoisotopic (exact) mass is 241 g/mol. The molecule has 0 aliphatic rings. The minimum absolute atomic E-state index is 0.287. The van der Waals surface area contributed by atoms with Gasteiger partial charge in [-0.05, 0) is 35.6 Å². The van der Waals surface area contributed by atoms with Crippen molar-refractivity contribution in [2.75, 3.05) is 0 Å². The predicted molar refractivity (Wildman–Crippen MR) is 56.9 cm³/mol. The van der Waals surface area contributed by atoms with Crippen LogP contribution in [0.1, 0.15) is 16.5 Å². The van der Waals surface area contributed by atoms with Gasteiger partial charge < -0.3 is 5.73 Å². The summed E-state index contributed by atoms with van der Waals surface area (Å²) in [6, 6.07) is 3.49. The van der Waals surface area contributed by atoms with E-state index in [1.165, 1.54) is 17.6 Å². The van der Waals surface area contributed by atoms with Gasteiger partial charge >= 0.3 is 0 Å². The summed E-state index contributed by atoms with van der Waals surface area (Å²) in [5.41, 5.74) is 6.53. The van der Waals surface area contributed by atoms with Gasteiger partial charge in [0, 0.05) is 6.04 Å². The zero-order valence-electron chi connectivity index (χ0n) is 8.23. The maximum atomic E-state index is 12.9. The second-order valence-corrected chi connectivity index (χ2v) is 4.20. The molecule has 6 heteroatoms. The van der Waals surface area contributed by atoms with Crippen LogP contribution < -0.4 is 5.73 Å². The molecule has 3 nitrogen and oxygen atoms in total. The van der Waals surface area contributed by atoms with Crippen molar-refractivity contribution in [3.63, 3.8) is 0 Å². The Hall–Kier alpha value is -1.40. The molecule has 2 N–H and O–H groups in total. The van der Waals surface area contributed by atoms with E-state index in [0.717, 1.165) is 17.0 Å². The Morgan fingerprint density at radius 3 is 2.75 bits per heavy atom. The molecule has 1 unspecified atom stereocenters. The van der Waals surface area contributed by atoms with E-state index in [2.05, 4.69) is 9.59 Å². The lowest BCUT2D eigenvalue weighted by molar-refractivity contribution is 0.506. The summed E-state index contributed by atoms with van der Waals surface area (Å²) < 4.78 is 29.3. The number of benzene rings is 1. The van der Waals surface area contributed by atoms with E-state index >= 15 is 0 Å². The molecule has 16 heavy (non-hydrogen) atoms. The van der Waals surface area contributed by atoms with E-state index in [4.69, 9.17) is 5.73 Å². The fourth-order valence-corrected chi connectivity index (χ4v) is 1.86. The van der Waals surface area contributed by atoms with Crippen LogP contribution >= 0.6 is 11.5 Å². The van der Waals surface area contributed by atoms with Crippen molar-refractivity contribution >= 4 is 11.5 Å². The lowest BCUT2D eigenvalue weighted by Gasteiger charge is -2.08. The first-order chi connectivity index (χ1) is 7.66. The lowest BCUT2D eigenvalue weighted by atomic mass is 10.1. The minimum atomic E-state index is -0.855. The Morgan fingerprint density at radius 2 is 2.12 bits per heavy atom. The van der Waals surface area contributed by atoms with Crippen molar-refractivity contribution in [1.82, 2.24) is 9.59 Å². The molecule has 84 valence electrons. The highest BCUT2D eigenvalue weighted by atomic mass is 32.1. The molecule has 0 fully saturated rings. The number of nitrogens with two attached hydrogens (primary N) is 1. The van der Waals surface area contributed by atoms with Gasteiger partial charge in [0.05, 0.1) is 11.1 Å². The van der Waals surface area contributed by atoms with Gasteiger partial charge in [0.1, 0.15) is 0 Å². The highest BCUT2D eigenvalue weighted by molar-refractivity contribution is 7.05. The zero-order valence-corrected chi connectivity index (χ0v) is 9.05. The quantitative estimate of drug-likeness (QED) is 0.894. The molecule has 0 aliphatic carbocycles. The smallest absolute Gasteiger partial charge is 0.159 e. The average Bonchev–Trinajstić information content (AvgIpc) is 2.77. The van der Waals surface area contributed by atoms with E-state index in [9.17, 15) is 8.78 Å². The number of nitrogens with zero attached hydrogens (tertiary/aromatic N) is 2. The summed E-state index contributed by atoms with van der Waals surface area (Å²) in [6.07, 6.45) is 2.01. The van der Waals surface area contributed by atoms with Crippen LogP contribution in [-0.4, -0.2) is 9.59 Å². The molecular weight excluding hydrogens is 232 g/mol. The molecule has 0 radical (unpaired) electrons. The van der Waals surface area contributed by atoms with Crippen LogP contribution in [0.2, 0.25) is 0 Å². The second-order valence-electron chi connectivity index (χ2n) is 3.38. The zero-order chi connectivity index (χ0) is 11.5. The highest BCUT2D eigenvalue weighted by Crippen LogP contribution is 2.19. The molecule has 2 aromatic rings. The van der Waals surface area contributed by atoms with Crippen molar-refractivity contribution in [3.05, 3.63) is 46.5 Å². The van der Waals surface area contributed by atoms with Gasteiger partial charge in [-0.3, -0.25) is 0 Å². The molecule has 0 bridgehead atoms. The Balaban J connectivity index is 2.12. The van der Waals surface area contributed by atoms with Crippen LogP contribution in [0.15, 0.2) is 24.4 Å². The van der Waals surface area contributed by atoms with Gasteiger partial charge in [-0.2, -0.15) is 0 Å². The van der Waals surface area contributed by atoms with E-state index < -0.39 is 11.6 Å². The maximum absolute atomic E-state index is 12.9. The molecule has 0 aliphatic heterocycles. The van der Waals surface area contributed by atoms with E-state index in [0.29, 0.717) is 12.0 Å². The largest absolute Gasteiger partial charge is 0.323 e. The number of hydrogen-bond acceptors (Lipinski definition) is 4. The van der Waals surface area contributed by atoms with Gasteiger partial charge in [-0.25, -0.2) is 8.78 Å². The third-order valence-electron chi connectivity index (χ3n) is 2.18. The number of rotatable bonds is 3. The van der Waals surface area contributed by atoms with Gasteiger partial charge in [-0.15, -0.1) is 5.10 Å². The molecule has 1 aromatic carbocycles. The summed E-state index contributed by atoms with van der Waals surface area (Å²) in [7, 11) is 0. The Morgan fingerprint density at radius 1 is 1.31 bits per heavy atom. The molecule has 0 saturated carbocycles. The minimum Gasteiger partial charge on any atom is -0.323 e. The Kier molecular flexibility index (Phi) is 3.21. The Labute approximate surface area is 95.1 Å². The standard InChI is InChI=1S/C10H9F2N3S/c11-7-2-1-6(3-8(7)12)4-9(13)10-5-14-15-16-10/h1-3,5,9H,4,13H2. The molecule has 0 saturated heterocycles. The van der Waals surface area contributed by atoms with Crippen molar-refractivity contribution in [2.45, 2.75) is 12.5 Å². The van der Waals surface area contributed by atoms with Crippen LogP contribution in [0.4, 0.5) is 8.78 Å². The summed E-state index contributed by atoms with van der Waals surface area (Å²) in [5, 5.41) is 3.67. The predicted octanol–water partition coefficient (Wildman–Crippen LogP) is 2.06. The van der Waals surface area contributed by atoms with Crippen LogP contribution in [0, 0.1) is 11.6 Å². The first-order valence-electron chi connectivity index (χ1n) is 4.63. The first-order valence-corrected chi connectivity index (χ1v) is 5.41. The van der Waals surface area contributed by atoms with Crippen molar-refractivity contribution < 1.29 is 8.78 Å². The maximum Gasteiger partial charge on any atom is 0.159 e. The third kappa shape index (κ3) is 2.40. The molecular formula is C10H9F2N3S. The van der Waals surface area contributed by atoms with Crippen LogP contribution in [-0.2, 0) is 6.42 Å². The summed E-state index contributed by atoms with van der Waals surface area (Å²) in [6.45, 7) is 0. The van der Waals surface area contributed by atoms with Crippen LogP contribution in [0.5, 0.6) is 0 Å². The molecule has 1 atom stereocenters. The number of aromatic nitrogens is 2. The molecule has 2 rings (SSSR count). The van der Waals surface area contributed by atoms with E-state index in [1.807, 2.05) is 0 Å². The third-order valence-corrected chi connectivity index (χ3v) is 2.98. The summed E-state index contributed by atoms with van der Waals surface area (Å²) in [4.78, 5) is 0.824. The molecule has 0 spiro atoms. The molecule has 0 amide bonds. The fourth-order valence-electron chi connectivity index (χ4n) is 1.36. The first kappa shape index (κ1) is 11.1. The summed E-state index contributed by atoms with van der Waals surface area (Å²) in [5.74, 6) is -1.70. The van der Waals surface area contributed by atoms with Crippen LogP contribution in [0.25, 0.3) is 0 Å². The second kappa shape index (κ2) is 4.63. The molecule has 1 aromatic heterocycles. The van der Waals surface area contributed by atoms with Crippen molar-refractivity contribution in [2.24, 2.45) is 5.73 Å². The van der Waals surface area contributed by atoms with E-state index in [1.54, 1.807) is 6.20 Å². The van der Waals surface area contributed by atoms with Gasteiger partial charge in [0.2, 0.25) is 0 Å². The normalized spacial score (nSPS) is 12.7. The topological polar surface area (TPSA) is 51.8 Å². The lowest BCUT2D eigenvalue weighted by Crippen LogP contribution is -2.12. The van der Waals surface area contributed by atoms with Crippen LogP contribution in [0.3, 0.4) is 0 Å². The fraction of sp³-hybridized carbons (Fsp3) is 0.200. The average molecular weight is 241 g/mol.